The number of hydrogen-bond acceptors (Lipinski definition) is 7. The van der Waals surface area contributed by atoms with E-state index in [0.29, 0.717) is 0 Å². The number of carbonyl (C=O) groups is 1. The largest absolute Gasteiger partial charge is 0.360 e. The van der Waals surface area contributed by atoms with Gasteiger partial charge in [-0.1, -0.05) is 24.1 Å². The number of sulfonamides is 1. The Morgan fingerprint density at radius 2 is 1.90 bits per heavy atom. The third-order valence-electron chi connectivity index (χ3n) is 5.17. The number of aromatic nitrogens is 2. The van der Waals surface area contributed by atoms with Crippen molar-refractivity contribution in [3.05, 3.63) is 35.3 Å². The fourth-order valence-corrected chi connectivity index (χ4v) is 5.09. The van der Waals surface area contributed by atoms with E-state index in [9.17, 15) is 13.2 Å². The van der Waals surface area contributed by atoms with Crippen LogP contribution in [0.3, 0.4) is 0 Å². The highest BCUT2D eigenvalue weighted by Gasteiger charge is 2.28. The van der Waals surface area contributed by atoms with Gasteiger partial charge in [0.25, 0.3) is 0 Å². The third kappa shape index (κ3) is 5.37. The van der Waals surface area contributed by atoms with Gasteiger partial charge in [-0.3, -0.25) is 4.79 Å². The van der Waals surface area contributed by atoms with Gasteiger partial charge in [0.15, 0.2) is 5.76 Å². The summed E-state index contributed by atoms with van der Waals surface area (Å²) in [6, 6.07) is 2.95. The van der Waals surface area contributed by atoms with Crippen LogP contribution in [0, 0.1) is 13.8 Å². The van der Waals surface area contributed by atoms with E-state index in [-0.39, 0.29) is 22.9 Å². The Morgan fingerprint density at radius 3 is 2.47 bits per heavy atom. The number of hydrogen-bond donors (Lipinski definition) is 2. The second kappa shape index (κ2) is 9.57. The van der Waals surface area contributed by atoms with Crippen LogP contribution < -0.4 is 14.9 Å². The molecule has 2 aromatic heterocycles. The Labute approximate surface area is 177 Å². The summed E-state index contributed by atoms with van der Waals surface area (Å²) in [4.78, 5) is 19.2. The molecule has 1 saturated heterocycles. The normalized spacial score (nSPS) is 16.2. The molecule has 0 saturated carbocycles. The van der Waals surface area contributed by atoms with Crippen LogP contribution in [0.4, 0.5) is 5.82 Å². The molecular weight excluding hydrogens is 406 g/mol. The van der Waals surface area contributed by atoms with Gasteiger partial charge in [0.1, 0.15) is 16.4 Å². The highest BCUT2D eigenvalue weighted by Crippen LogP contribution is 2.19. The Morgan fingerprint density at radius 1 is 1.20 bits per heavy atom. The van der Waals surface area contributed by atoms with E-state index in [1.165, 1.54) is 46.5 Å². The number of nitrogens with zero attached hydrogens (tertiary/aromatic N) is 3. The van der Waals surface area contributed by atoms with Crippen molar-refractivity contribution in [2.45, 2.75) is 63.9 Å². The smallest absolute Gasteiger partial charge is 0.246 e. The molecule has 0 radical (unpaired) electrons. The molecule has 0 unspecified atom stereocenters. The van der Waals surface area contributed by atoms with Crippen molar-refractivity contribution < 1.29 is 17.7 Å². The summed E-state index contributed by atoms with van der Waals surface area (Å²) in [5.41, 5.74) is 1.10. The maximum atomic E-state index is 12.5. The van der Waals surface area contributed by atoms with Crippen molar-refractivity contribution >= 4 is 21.7 Å². The van der Waals surface area contributed by atoms with Crippen molar-refractivity contribution in [3.8, 4) is 0 Å². The summed E-state index contributed by atoms with van der Waals surface area (Å²) < 4.78 is 32.3. The van der Waals surface area contributed by atoms with Gasteiger partial charge in [0.2, 0.25) is 15.9 Å². The summed E-state index contributed by atoms with van der Waals surface area (Å²) >= 11 is 0. The van der Waals surface area contributed by atoms with Crippen LogP contribution in [0.1, 0.15) is 49.6 Å². The number of nitrogens with one attached hydrogen (secondary N) is 2. The van der Waals surface area contributed by atoms with Crippen LogP contribution in [0.2, 0.25) is 0 Å². The molecule has 1 aliphatic rings. The first-order valence-electron chi connectivity index (χ1n) is 10.2. The summed E-state index contributed by atoms with van der Waals surface area (Å²) in [5, 5.41) is 6.40. The first-order valence-corrected chi connectivity index (χ1v) is 11.7. The fourth-order valence-electron chi connectivity index (χ4n) is 3.55. The fraction of sp³-hybridized carbons (Fsp3) is 0.550. The summed E-state index contributed by atoms with van der Waals surface area (Å²) in [5.74, 6) is 0.706. The monoisotopic (exact) mass is 435 g/mol. The Balaban J connectivity index is 1.54. The van der Waals surface area contributed by atoms with Crippen molar-refractivity contribution in [1.82, 2.24) is 20.2 Å². The van der Waals surface area contributed by atoms with Crippen molar-refractivity contribution in [3.63, 3.8) is 0 Å². The zero-order valence-electron chi connectivity index (χ0n) is 17.6. The number of pyridine rings is 1. The zero-order chi connectivity index (χ0) is 21.7. The van der Waals surface area contributed by atoms with Gasteiger partial charge < -0.3 is 14.7 Å². The van der Waals surface area contributed by atoms with Gasteiger partial charge >= 0.3 is 0 Å². The SMILES string of the molecule is Cc1noc(C)c1S(=O)(=O)N[C@@H](C)C(=O)NCc1ccc(N2CCCCCC2)nc1. The first-order chi connectivity index (χ1) is 14.3. The molecule has 9 nitrogen and oxygen atoms in total. The Kier molecular flexibility index (Phi) is 7.09. The molecule has 1 amide bonds. The minimum Gasteiger partial charge on any atom is -0.360 e. The molecule has 0 aliphatic carbocycles. The molecule has 1 atom stereocenters. The number of rotatable bonds is 7. The lowest BCUT2D eigenvalue weighted by Gasteiger charge is -2.21. The van der Waals surface area contributed by atoms with E-state index in [2.05, 4.69) is 25.1 Å². The van der Waals surface area contributed by atoms with Gasteiger partial charge in [-0.05, 0) is 45.2 Å². The summed E-state index contributed by atoms with van der Waals surface area (Å²) in [6.45, 7) is 6.85. The van der Waals surface area contributed by atoms with Gasteiger partial charge in [-0.15, -0.1) is 0 Å². The summed E-state index contributed by atoms with van der Waals surface area (Å²) in [6.07, 6.45) is 6.64. The molecule has 2 N–H and O–H groups in total. The maximum absolute atomic E-state index is 12.5. The predicted octanol–water partition coefficient (Wildman–Crippen LogP) is 2.05. The van der Waals surface area contributed by atoms with E-state index in [1.54, 1.807) is 6.20 Å². The average Bonchev–Trinajstić information content (AvgIpc) is 2.90. The first kappa shape index (κ1) is 22.2. The quantitative estimate of drug-likeness (QED) is 0.683. The van der Waals surface area contributed by atoms with Crippen LogP contribution in [0.5, 0.6) is 0 Å². The molecule has 164 valence electrons. The molecule has 10 heteroatoms. The molecule has 0 spiro atoms. The molecule has 3 rings (SSSR count). The van der Waals surface area contributed by atoms with Crippen LogP contribution in [0.25, 0.3) is 0 Å². The number of anilines is 1. The lowest BCUT2D eigenvalue weighted by molar-refractivity contribution is -0.122. The highest BCUT2D eigenvalue weighted by atomic mass is 32.2. The highest BCUT2D eigenvalue weighted by molar-refractivity contribution is 7.89. The molecule has 1 fully saturated rings. The van der Waals surface area contributed by atoms with E-state index in [0.717, 1.165) is 24.5 Å². The minimum absolute atomic E-state index is 0.0320. The van der Waals surface area contributed by atoms with Crippen LogP contribution in [-0.4, -0.2) is 43.6 Å². The Hall–Kier alpha value is -2.46. The van der Waals surface area contributed by atoms with Crippen molar-refractivity contribution in [2.75, 3.05) is 18.0 Å². The van der Waals surface area contributed by atoms with Gasteiger partial charge in [0.05, 0.1) is 6.04 Å². The number of carbonyl (C=O) groups excluding carboxylic acids is 1. The van der Waals surface area contributed by atoms with Gasteiger partial charge in [0, 0.05) is 25.8 Å². The molecule has 30 heavy (non-hydrogen) atoms. The van der Waals surface area contributed by atoms with Gasteiger partial charge in [-0.2, -0.15) is 4.72 Å². The standard InChI is InChI=1S/C20H29N5O4S/c1-14-19(16(3)29-23-14)30(27,28)24-15(2)20(26)22-13-17-8-9-18(21-12-17)25-10-6-4-5-7-11-25/h8-9,12,15,24H,4-7,10-11,13H2,1-3H3,(H,22,26)/t15-/m0/s1. The minimum atomic E-state index is -3.91. The maximum Gasteiger partial charge on any atom is 0.246 e. The summed E-state index contributed by atoms with van der Waals surface area (Å²) in [7, 11) is -3.91. The number of amides is 1. The lowest BCUT2D eigenvalue weighted by Crippen LogP contribution is -2.44. The van der Waals surface area contributed by atoms with E-state index < -0.39 is 22.0 Å². The van der Waals surface area contributed by atoms with Crippen molar-refractivity contribution in [1.29, 1.82) is 0 Å². The predicted molar refractivity (Wildman–Crippen MR) is 113 cm³/mol. The van der Waals surface area contributed by atoms with Crippen molar-refractivity contribution in [2.24, 2.45) is 0 Å². The average molecular weight is 436 g/mol. The van der Waals surface area contributed by atoms with Crippen LogP contribution >= 0.6 is 0 Å². The molecule has 2 aromatic rings. The molecular formula is C20H29N5O4S. The second-order valence-corrected chi connectivity index (χ2v) is 9.29. The van der Waals surface area contributed by atoms with E-state index in [1.807, 2.05) is 12.1 Å². The molecule has 0 aromatic carbocycles. The second-order valence-electron chi connectivity index (χ2n) is 7.64. The van der Waals surface area contributed by atoms with Crippen LogP contribution in [-0.2, 0) is 21.4 Å². The third-order valence-corrected chi connectivity index (χ3v) is 6.95. The molecule has 0 bridgehead atoms. The van der Waals surface area contributed by atoms with E-state index in [4.69, 9.17) is 4.52 Å². The van der Waals surface area contributed by atoms with E-state index >= 15 is 0 Å². The van der Waals surface area contributed by atoms with Gasteiger partial charge in [-0.25, -0.2) is 13.4 Å². The zero-order valence-corrected chi connectivity index (χ0v) is 18.5. The Bertz CT molecular complexity index is 944. The lowest BCUT2D eigenvalue weighted by atomic mass is 10.2. The topological polar surface area (TPSA) is 117 Å². The molecule has 1 aliphatic heterocycles. The number of aryl methyl sites for hydroxylation is 2. The van der Waals surface area contributed by atoms with Crippen LogP contribution in [0.15, 0.2) is 27.7 Å². The molecule has 3 heterocycles.